The van der Waals surface area contributed by atoms with Crippen LogP contribution in [0, 0.1) is 10.1 Å². The van der Waals surface area contributed by atoms with E-state index in [1.54, 1.807) is 36.4 Å². The van der Waals surface area contributed by atoms with Crippen molar-refractivity contribution in [3.05, 3.63) is 108 Å². The quantitative estimate of drug-likeness (QED) is 0.134. The van der Waals surface area contributed by atoms with E-state index < -0.39 is 4.92 Å². The average Bonchev–Trinajstić information content (AvgIpc) is 2.87. The number of nitro benzene ring substituents is 1. The number of benzene rings is 3. The van der Waals surface area contributed by atoms with Crippen molar-refractivity contribution in [1.29, 1.82) is 0 Å². The number of rotatable bonds is 8. The number of halogens is 2. The molecule has 36 heavy (non-hydrogen) atoms. The van der Waals surface area contributed by atoms with Crippen molar-refractivity contribution in [3.63, 3.8) is 0 Å². The second-order valence-corrected chi connectivity index (χ2v) is 9.49. The predicted molar refractivity (Wildman–Crippen MR) is 144 cm³/mol. The van der Waals surface area contributed by atoms with Crippen LogP contribution < -0.4 is 10.3 Å². The Labute approximate surface area is 220 Å². The van der Waals surface area contributed by atoms with Gasteiger partial charge in [-0.1, -0.05) is 59.6 Å². The van der Waals surface area contributed by atoms with Gasteiger partial charge in [0.05, 0.1) is 22.0 Å². The molecule has 0 aliphatic rings. The topological polar surface area (TPSA) is 99.6 Å². The minimum absolute atomic E-state index is 0.0298. The van der Waals surface area contributed by atoms with Gasteiger partial charge in [-0.2, -0.15) is 9.78 Å². The molecular weight excluding hydrogens is 548 g/mol. The van der Waals surface area contributed by atoms with Crippen LogP contribution in [0.5, 0.6) is 5.75 Å². The molecule has 3 aromatic carbocycles. The Morgan fingerprint density at radius 3 is 2.72 bits per heavy atom. The Morgan fingerprint density at radius 1 is 1.22 bits per heavy atom. The molecule has 0 fully saturated rings. The van der Waals surface area contributed by atoms with Crippen molar-refractivity contribution in [2.75, 3.05) is 0 Å². The molecule has 0 saturated heterocycles. The zero-order chi connectivity index (χ0) is 25.8. The van der Waals surface area contributed by atoms with E-state index in [2.05, 4.69) is 26.0 Å². The molecule has 0 saturated carbocycles. The van der Waals surface area contributed by atoms with Gasteiger partial charge in [0.1, 0.15) is 12.4 Å². The number of aromatic nitrogens is 2. The standard InChI is InChI=1S/C26H22BrClN4O4/c1-3-16(2)25-30-22-10-9-19(27)13-20(22)26(33)31(25)29-14-17-8-11-24(23(12-17)32(34)35)36-15-18-6-4-5-7-21(18)28/h4-14,16H,3,15H2,1-2H3/t16-/m1/s1. The van der Waals surface area contributed by atoms with Crippen molar-refractivity contribution < 1.29 is 9.66 Å². The minimum Gasteiger partial charge on any atom is -0.482 e. The lowest BCUT2D eigenvalue weighted by atomic mass is 10.1. The summed E-state index contributed by atoms with van der Waals surface area (Å²) in [6.45, 7) is 4.05. The average molecular weight is 570 g/mol. The molecule has 4 rings (SSSR count). The summed E-state index contributed by atoms with van der Waals surface area (Å²) in [5, 5.41) is 17.0. The molecule has 0 aliphatic heterocycles. The first-order chi connectivity index (χ1) is 17.3. The summed E-state index contributed by atoms with van der Waals surface area (Å²) >= 11 is 9.54. The highest BCUT2D eigenvalue weighted by Gasteiger charge is 2.18. The number of hydrogen-bond donors (Lipinski definition) is 0. The molecule has 184 valence electrons. The van der Waals surface area contributed by atoms with E-state index in [-0.39, 0.29) is 29.5 Å². The second-order valence-electron chi connectivity index (χ2n) is 8.17. The first kappa shape index (κ1) is 25.5. The lowest BCUT2D eigenvalue weighted by molar-refractivity contribution is -0.385. The number of ether oxygens (including phenoxy) is 1. The van der Waals surface area contributed by atoms with E-state index in [9.17, 15) is 14.9 Å². The summed E-state index contributed by atoms with van der Waals surface area (Å²) in [4.78, 5) is 29.1. The molecular formula is C26H22BrClN4O4. The monoisotopic (exact) mass is 568 g/mol. The number of nitrogens with zero attached hydrogens (tertiary/aromatic N) is 4. The van der Waals surface area contributed by atoms with Crippen LogP contribution in [0.4, 0.5) is 5.69 Å². The molecule has 8 nitrogen and oxygen atoms in total. The Bertz CT molecular complexity index is 1540. The molecule has 0 amide bonds. The lowest BCUT2D eigenvalue weighted by Gasteiger charge is -2.14. The largest absolute Gasteiger partial charge is 0.482 e. The fraction of sp³-hybridized carbons (Fsp3) is 0.192. The number of nitro groups is 1. The van der Waals surface area contributed by atoms with Crippen LogP contribution in [-0.4, -0.2) is 20.8 Å². The Morgan fingerprint density at radius 2 is 2.00 bits per heavy atom. The van der Waals surface area contributed by atoms with Crippen molar-refractivity contribution in [2.45, 2.75) is 32.8 Å². The van der Waals surface area contributed by atoms with Gasteiger partial charge >= 0.3 is 5.69 Å². The lowest BCUT2D eigenvalue weighted by Crippen LogP contribution is -2.23. The van der Waals surface area contributed by atoms with E-state index in [4.69, 9.17) is 16.3 Å². The minimum atomic E-state index is -0.523. The summed E-state index contributed by atoms with van der Waals surface area (Å²) < 4.78 is 7.70. The van der Waals surface area contributed by atoms with Crippen LogP contribution in [-0.2, 0) is 6.61 Å². The van der Waals surface area contributed by atoms with E-state index in [0.717, 1.165) is 10.9 Å². The van der Waals surface area contributed by atoms with Gasteiger partial charge in [-0.05, 0) is 42.8 Å². The van der Waals surface area contributed by atoms with E-state index >= 15 is 0 Å². The molecule has 0 bridgehead atoms. The summed E-state index contributed by atoms with van der Waals surface area (Å²) in [7, 11) is 0. The van der Waals surface area contributed by atoms with Crippen molar-refractivity contribution >= 4 is 50.3 Å². The van der Waals surface area contributed by atoms with Gasteiger partial charge in [0.25, 0.3) is 5.56 Å². The maximum atomic E-state index is 13.3. The van der Waals surface area contributed by atoms with E-state index in [0.29, 0.717) is 32.9 Å². The van der Waals surface area contributed by atoms with Gasteiger partial charge in [0.15, 0.2) is 5.75 Å². The number of fused-ring (bicyclic) bond motifs is 1. The highest BCUT2D eigenvalue weighted by molar-refractivity contribution is 9.10. The zero-order valence-corrected chi connectivity index (χ0v) is 21.9. The van der Waals surface area contributed by atoms with Crippen LogP contribution in [0.1, 0.15) is 43.1 Å². The number of hydrogen-bond acceptors (Lipinski definition) is 6. The van der Waals surface area contributed by atoms with Gasteiger partial charge in [-0.25, -0.2) is 4.98 Å². The Kier molecular flexibility index (Phi) is 7.81. The fourth-order valence-electron chi connectivity index (χ4n) is 3.55. The summed E-state index contributed by atoms with van der Waals surface area (Å²) in [5.41, 5.74) is 1.19. The van der Waals surface area contributed by atoms with Crippen molar-refractivity contribution in [3.8, 4) is 5.75 Å². The van der Waals surface area contributed by atoms with Crippen LogP contribution >= 0.6 is 27.5 Å². The maximum Gasteiger partial charge on any atom is 0.311 e. The van der Waals surface area contributed by atoms with E-state index in [1.807, 2.05) is 26.0 Å². The van der Waals surface area contributed by atoms with Gasteiger partial charge in [0, 0.05) is 32.6 Å². The first-order valence-corrected chi connectivity index (χ1v) is 12.4. The van der Waals surface area contributed by atoms with Crippen molar-refractivity contribution in [1.82, 2.24) is 9.66 Å². The molecule has 0 radical (unpaired) electrons. The van der Waals surface area contributed by atoms with Gasteiger partial charge in [0.2, 0.25) is 0 Å². The van der Waals surface area contributed by atoms with Crippen LogP contribution in [0.25, 0.3) is 10.9 Å². The summed E-state index contributed by atoms with van der Waals surface area (Å²) in [6, 6.07) is 16.9. The zero-order valence-electron chi connectivity index (χ0n) is 19.5. The SMILES string of the molecule is CC[C@@H](C)c1nc2ccc(Br)cc2c(=O)n1N=Cc1ccc(OCc2ccccc2Cl)c([N+](=O)[O-])c1. The highest BCUT2D eigenvalue weighted by atomic mass is 79.9. The van der Waals surface area contributed by atoms with Gasteiger partial charge < -0.3 is 4.74 Å². The molecule has 1 atom stereocenters. The third kappa shape index (κ3) is 5.47. The predicted octanol–water partition coefficient (Wildman–Crippen LogP) is 6.70. The maximum absolute atomic E-state index is 13.3. The molecule has 4 aromatic rings. The molecule has 1 aromatic heterocycles. The molecule has 0 spiro atoms. The van der Waals surface area contributed by atoms with Crippen LogP contribution in [0.15, 0.2) is 75.0 Å². The van der Waals surface area contributed by atoms with Crippen LogP contribution in [0.2, 0.25) is 5.02 Å². The smallest absolute Gasteiger partial charge is 0.311 e. The first-order valence-electron chi connectivity index (χ1n) is 11.2. The Hall–Kier alpha value is -3.56. The third-order valence-electron chi connectivity index (χ3n) is 5.73. The third-order valence-corrected chi connectivity index (χ3v) is 6.59. The van der Waals surface area contributed by atoms with Crippen molar-refractivity contribution in [2.24, 2.45) is 5.10 Å². The van der Waals surface area contributed by atoms with Gasteiger partial charge in [-0.3, -0.25) is 14.9 Å². The molecule has 0 unspecified atom stereocenters. The molecule has 0 aliphatic carbocycles. The summed E-state index contributed by atoms with van der Waals surface area (Å²) in [5.74, 6) is 0.590. The second kappa shape index (κ2) is 11.0. The molecule has 10 heteroatoms. The molecule has 0 N–H and O–H groups in total. The van der Waals surface area contributed by atoms with Gasteiger partial charge in [-0.15, -0.1) is 0 Å². The normalized spacial score (nSPS) is 12.2. The molecule has 1 heterocycles. The fourth-order valence-corrected chi connectivity index (χ4v) is 4.11. The highest BCUT2D eigenvalue weighted by Crippen LogP contribution is 2.29. The van der Waals surface area contributed by atoms with E-state index in [1.165, 1.54) is 23.0 Å². The summed E-state index contributed by atoms with van der Waals surface area (Å²) in [6.07, 6.45) is 2.16. The van der Waals surface area contributed by atoms with Crippen LogP contribution in [0.3, 0.4) is 0 Å². The Balaban J connectivity index is 1.70.